The van der Waals surface area contributed by atoms with Crippen molar-refractivity contribution >= 4 is 95.6 Å². The van der Waals surface area contributed by atoms with Crippen molar-refractivity contribution in [3.8, 4) is 0 Å². The summed E-state index contributed by atoms with van der Waals surface area (Å²) in [5.41, 5.74) is 0. The number of hydrogen-bond donors (Lipinski definition) is 0. The number of alkyl halides is 6. The summed E-state index contributed by atoms with van der Waals surface area (Å²) in [6, 6.07) is 0. The van der Waals surface area contributed by atoms with Gasteiger partial charge < -0.3 is 0 Å². The molecule has 0 rings (SSSR count). The highest BCUT2D eigenvalue weighted by molar-refractivity contribution is 9.41. The fourth-order valence-electron chi connectivity index (χ4n) is 0.562. The van der Waals surface area contributed by atoms with Crippen LogP contribution in [0.4, 0.5) is 0 Å². The summed E-state index contributed by atoms with van der Waals surface area (Å²) in [5.74, 6) is 1.16. The van der Waals surface area contributed by atoms with Crippen molar-refractivity contribution in [2.45, 2.75) is 17.6 Å². The molecule has 1 radical (unpaired) electrons. The lowest BCUT2D eigenvalue weighted by atomic mass is 10.2. The molecule has 0 aliphatic carbocycles. The van der Waals surface area contributed by atoms with Crippen LogP contribution in [-0.4, -0.2) is 4.29 Å². The van der Waals surface area contributed by atoms with Crippen LogP contribution in [0.1, 0.15) is 13.3 Å². The maximum Gasteiger partial charge on any atom is 0.144 e. The Morgan fingerprint density at radius 3 is 1.18 bits per heavy atom. The first kappa shape index (κ1) is 13.9. The van der Waals surface area contributed by atoms with Crippen LogP contribution in [0.25, 0.3) is 0 Å². The van der Waals surface area contributed by atoms with Gasteiger partial charge in [-0.2, -0.15) is 0 Å². The standard InChI is InChI=1S/C5H5Br6/c1-2-3(4(6,7)8)5(9,10)11/h2H2,1H3. The van der Waals surface area contributed by atoms with Crippen LogP contribution in [0.5, 0.6) is 0 Å². The van der Waals surface area contributed by atoms with E-state index in [1.165, 1.54) is 0 Å². The van der Waals surface area contributed by atoms with Crippen LogP contribution in [0.2, 0.25) is 0 Å². The minimum Gasteiger partial charge on any atom is -0.0646 e. The van der Waals surface area contributed by atoms with Crippen LogP contribution >= 0.6 is 95.6 Å². The molecule has 0 fully saturated rings. The fourth-order valence-corrected chi connectivity index (χ4v) is 6.42. The van der Waals surface area contributed by atoms with E-state index in [1.807, 2.05) is 0 Å². The molecule has 0 atom stereocenters. The van der Waals surface area contributed by atoms with Crippen molar-refractivity contribution in [3.05, 3.63) is 5.92 Å². The molecule has 0 unspecified atom stereocenters. The summed E-state index contributed by atoms with van der Waals surface area (Å²) in [6.07, 6.45) is 0.920. The van der Waals surface area contributed by atoms with Gasteiger partial charge >= 0.3 is 0 Å². The Morgan fingerprint density at radius 2 is 1.18 bits per heavy atom. The van der Waals surface area contributed by atoms with Gasteiger partial charge in [-0.3, -0.25) is 0 Å². The topological polar surface area (TPSA) is 0 Å². The van der Waals surface area contributed by atoms with Crippen LogP contribution in [0, 0.1) is 5.92 Å². The van der Waals surface area contributed by atoms with Gasteiger partial charge in [-0.15, -0.1) is 0 Å². The molecule has 6 heteroatoms. The highest BCUT2D eigenvalue weighted by Crippen LogP contribution is 2.56. The molecule has 0 aromatic rings. The molecule has 0 spiro atoms. The molecular weight excluding hydrogens is 539 g/mol. The van der Waals surface area contributed by atoms with Crippen LogP contribution in [0.3, 0.4) is 0 Å². The molecule has 0 heterocycles. The maximum absolute atomic E-state index is 3.45. The molecule has 0 aliphatic rings. The molecule has 11 heavy (non-hydrogen) atoms. The molecule has 0 nitrogen and oxygen atoms in total. The van der Waals surface area contributed by atoms with E-state index >= 15 is 0 Å². The second-order valence-corrected chi connectivity index (χ2v) is 15.3. The Hall–Kier alpha value is 2.88. The molecule has 0 N–H and O–H groups in total. The van der Waals surface area contributed by atoms with Crippen LogP contribution in [0.15, 0.2) is 0 Å². The normalized spacial score (nSPS) is 14.2. The summed E-state index contributed by atoms with van der Waals surface area (Å²) in [7, 11) is 0. The molecule has 0 saturated heterocycles. The third kappa shape index (κ3) is 5.35. The van der Waals surface area contributed by atoms with E-state index in [4.69, 9.17) is 0 Å². The number of halogens is 6. The first-order valence-corrected chi connectivity index (χ1v) is 7.45. The predicted octanol–water partition coefficient (Wildman–Crippen LogP) is 5.65. The third-order valence-electron chi connectivity index (χ3n) is 1.04. The van der Waals surface area contributed by atoms with Crippen molar-refractivity contribution in [3.63, 3.8) is 0 Å². The Kier molecular flexibility index (Phi) is 6.43. The molecule has 0 aromatic heterocycles. The van der Waals surface area contributed by atoms with Gasteiger partial charge in [0.1, 0.15) is 4.29 Å². The Morgan fingerprint density at radius 1 is 0.909 bits per heavy atom. The van der Waals surface area contributed by atoms with E-state index in [0.29, 0.717) is 0 Å². The van der Waals surface area contributed by atoms with E-state index in [-0.39, 0.29) is 4.29 Å². The molecule has 0 saturated carbocycles. The fraction of sp³-hybridized carbons (Fsp3) is 0.800. The van der Waals surface area contributed by atoms with E-state index in [2.05, 4.69) is 103 Å². The van der Waals surface area contributed by atoms with Gasteiger partial charge in [0.15, 0.2) is 0 Å². The van der Waals surface area contributed by atoms with E-state index in [0.717, 1.165) is 12.3 Å². The van der Waals surface area contributed by atoms with Gasteiger partial charge in [-0.1, -0.05) is 103 Å². The highest BCUT2D eigenvalue weighted by atomic mass is 80.0. The van der Waals surface area contributed by atoms with Crippen molar-refractivity contribution < 1.29 is 0 Å². The number of hydrogen-bond acceptors (Lipinski definition) is 0. The lowest BCUT2D eigenvalue weighted by Crippen LogP contribution is -2.26. The molecule has 0 aliphatic heterocycles. The van der Waals surface area contributed by atoms with Gasteiger partial charge in [-0.25, -0.2) is 0 Å². The molecule has 0 aromatic carbocycles. The largest absolute Gasteiger partial charge is 0.144 e. The summed E-state index contributed by atoms with van der Waals surface area (Å²) in [5, 5.41) is 0. The lowest BCUT2D eigenvalue weighted by Gasteiger charge is -2.30. The van der Waals surface area contributed by atoms with Gasteiger partial charge in [0.05, 0.1) is 5.92 Å². The minimum atomic E-state index is -0.335. The van der Waals surface area contributed by atoms with Gasteiger partial charge in [0.2, 0.25) is 0 Å². The summed E-state index contributed by atoms with van der Waals surface area (Å²) in [6.45, 7) is 2.08. The van der Waals surface area contributed by atoms with Crippen LogP contribution in [-0.2, 0) is 0 Å². The maximum atomic E-state index is 3.45. The Bertz CT molecular complexity index is 106. The quantitative estimate of drug-likeness (QED) is 0.375. The smallest absolute Gasteiger partial charge is 0.0646 e. The zero-order valence-electron chi connectivity index (χ0n) is 5.47. The average Bonchev–Trinajstić information content (AvgIpc) is 1.56. The van der Waals surface area contributed by atoms with Gasteiger partial charge in [0, 0.05) is 0 Å². The first-order valence-electron chi connectivity index (χ1n) is 2.69. The highest BCUT2D eigenvalue weighted by Gasteiger charge is 2.42. The Balaban J connectivity index is 4.43. The molecule has 0 bridgehead atoms. The average molecular weight is 545 g/mol. The number of rotatable bonds is 1. The van der Waals surface area contributed by atoms with E-state index in [9.17, 15) is 0 Å². The second-order valence-electron chi connectivity index (χ2n) is 1.83. The molecule has 0 amide bonds. The van der Waals surface area contributed by atoms with Gasteiger partial charge in [-0.05, 0) is 6.42 Å². The van der Waals surface area contributed by atoms with Crippen LogP contribution < -0.4 is 0 Å². The SMILES string of the molecule is CC[C](C(Br)(Br)Br)C(Br)(Br)Br. The first-order chi connectivity index (χ1) is 4.69. The monoisotopic (exact) mass is 539 g/mol. The zero-order valence-corrected chi connectivity index (χ0v) is 15.0. The van der Waals surface area contributed by atoms with Gasteiger partial charge in [0.25, 0.3) is 0 Å². The predicted molar refractivity (Wildman–Crippen MR) is 72.6 cm³/mol. The summed E-state index contributed by atoms with van der Waals surface area (Å²) in [4.78, 5) is 0. The minimum absolute atomic E-state index is 0.335. The zero-order chi connectivity index (χ0) is 9.28. The van der Waals surface area contributed by atoms with Crippen molar-refractivity contribution in [2.24, 2.45) is 0 Å². The summed E-state index contributed by atoms with van der Waals surface area (Å²) < 4.78 is -0.670. The van der Waals surface area contributed by atoms with E-state index < -0.39 is 0 Å². The second kappa shape index (κ2) is 5.10. The molecular formula is C5H5Br6. The van der Waals surface area contributed by atoms with Crippen molar-refractivity contribution in [1.29, 1.82) is 0 Å². The van der Waals surface area contributed by atoms with Crippen molar-refractivity contribution in [2.75, 3.05) is 0 Å². The van der Waals surface area contributed by atoms with Crippen molar-refractivity contribution in [1.82, 2.24) is 0 Å². The molecule has 67 valence electrons. The van der Waals surface area contributed by atoms with E-state index in [1.54, 1.807) is 0 Å². The summed E-state index contributed by atoms with van der Waals surface area (Å²) >= 11 is 20.7. The lowest BCUT2D eigenvalue weighted by molar-refractivity contribution is 0.886. The third-order valence-corrected chi connectivity index (χ3v) is 3.91. The Labute approximate surface area is 117 Å².